The number of thiazole rings is 1. The lowest BCUT2D eigenvalue weighted by atomic mass is 10.2. The molecule has 28 heavy (non-hydrogen) atoms. The molecule has 0 atom stereocenters. The molecule has 0 aliphatic rings. The number of carbonyl (C=O) groups excluding carboxylic acids is 1. The van der Waals surface area contributed by atoms with Crippen molar-refractivity contribution in [1.29, 1.82) is 0 Å². The molecular formula is C19H19F2N3O3S. The Morgan fingerprint density at radius 3 is 2.43 bits per heavy atom. The fourth-order valence-electron chi connectivity index (χ4n) is 2.34. The fourth-order valence-corrected chi connectivity index (χ4v) is 3.21. The number of nitrogens with zero attached hydrogens (tertiary/aromatic N) is 2. The fraction of sp³-hybridized carbons (Fsp3) is 0.316. The third kappa shape index (κ3) is 4.92. The molecule has 0 fully saturated rings. The van der Waals surface area contributed by atoms with Gasteiger partial charge in [0.15, 0.2) is 11.2 Å². The number of rotatable bonds is 8. The average molecular weight is 407 g/mol. The van der Waals surface area contributed by atoms with Crippen LogP contribution in [0.3, 0.4) is 0 Å². The van der Waals surface area contributed by atoms with E-state index >= 15 is 0 Å². The van der Waals surface area contributed by atoms with E-state index in [2.05, 4.69) is 15.3 Å². The second kappa shape index (κ2) is 8.92. The van der Waals surface area contributed by atoms with E-state index < -0.39 is 25.4 Å². The second-order valence-corrected chi connectivity index (χ2v) is 7.22. The van der Waals surface area contributed by atoms with E-state index in [1.165, 1.54) is 23.5 Å². The van der Waals surface area contributed by atoms with Gasteiger partial charge in [-0.3, -0.25) is 10.1 Å². The van der Waals surface area contributed by atoms with E-state index in [0.717, 1.165) is 10.2 Å². The van der Waals surface area contributed by atoms with Gasteiger partial charge in [-0.25, -0.2) is 13.8 Å². The van der Waals surface area contributed by atoms with Crippen molar-refractivity contribution in [2.75, 3.05) is 18.7 Å². The molecule has 0 aliphatic heterocycles. The minimum Gasteiger partial charge on any atom is -0.475 e. The van der Waals surface area contributed by atoms with Crippen LogP contribution in [0.15, 0.2) is 36.4 Å². The minimum absolute atomic E-state index is 0.0899. The first-order chi connectivity index (χ1) is 13.5. The second-order valence-electron chi connectivity index (χ2n) is 6.19. The zero-order valence-corrected chi connectivity index (χ0v) is 16.1. The van der Waals surface area contributed by atoms with Gasteiger partial charge in [-0.2, -0.15) is 4.98 Å². The number of benzene rings is 1. The van der Waals surface area contributed by atoms with Gasteiger partial charge in [-0.1, -0.05) is 23.5 Å². The Hall–Kier alpha value is -2.81. The van der Waals surface area contributed by atoms with Crippen LogP contribution in [0.1, 0.15) is 24.2 Å². The lowest BCUT2D eigenvalue weighted by molar-refractivity contribution is 0.102. The zero-order chi connectivity index (χ0) is 20.1. The number of ether oxygens (including phenoxy) is 2. The number of aromatic nitrogens is 2. The molecule has 0 saturated heterocycles. The van der Waals surface area contributed by atoms with Gasteiger partial charge in [0.1, 0.15) is 13.3 Å². The quantitative estimate of drug-likeness (QED) is 0.599. The SMILES string of the molecule is CC(C)Oc1cc(C(=O)Nc2nc3ccccc3s2)cc(OC(CF)CF)n1. The Morgan fingerprint density at radius 1 is 1.11 bits per heavy atom. The highest BCUT2D eigenvalue weighted by atomic mass is 32.1. The van der Waals surface area contributed by atoms with Crippen LogP contribution in [-0.2, 0) is 0 Å². The summed E-state index contributed by atoms with van der Waals surface area (Å²) in [6.45, 7) is 1.56. The van der Waals surface area contributed by atoms with Gasteiger partial charge >= 0.3 is 0 Å². The van der Waals surface area contributed by atoms with E-state index in [0.29, 0.717) is 5.13 Å². The lowest BCUT2D eigenvalue weighted by Gasteiger charge is -2.15. The number of hydrogen-bond acceptors (Lipinski definition) is 6. The van der Waals surface area contributed by atoms with Crippen LogP contribution in [0, 0.1) is 0 Å². The number of alkyl halides is 2. The number of pyridine rings is 1. The number of hydrogen-bond donors (Lipinski definition) is 1. The summed E-state index contributed by atoms with van der Waals surface area (Å²) < 4.78 is 37.2. The zero-order valence-electron chi connectivity index (χ0n) is 15.3. The maximum Gasteiger partial charge on any atom is 0.257 e. The first-order valence-electron chi connectivity index (χ1n) is 8.62. The van der Waals surface area contributed by atoms with E-state index in [9.17, 15) is 13.6 Å². The molecule has 0 unspecified atom stereocenters. The number of carbonyl (C=O) groups is 1. The molecule has 148 valence electrons. The van der Waals surface area contributed by atoms with Crippen LogP contribution >= 0.6 is 11.3 Å². The van der Waals surface area contributed by atoms with Gasteiger partial charge in [-0.15, -0.1) is 0 Å². The molecule has 3 rings (SSSR count). The van der Waals surface area contributed by atoms with Gasteiger partial charge in [-0.05, 0) is 26.0 Å². The highest BCUT2D eigenvalue weighted by Gasteiger charge is 2.17. The maximum absolute atomic E-state index is 12.8. The summed E-state index contributed by atoms with van der Waals surface area (Å²) in [6, 6.07) is 10.3. The molecular weight excluding hydrogens is 388 g/mol. The summed E-state index contributed by atoms with van der Waals surface area (Å²) in [7, 11) is 0. The normalized spacial score (nSPS) is 11.2. The summed E-state index contributed by atoms with van der Waals surface area (Å²) in [5, 5.41) is 3.15. The predicted molar refractivity (Wildman–Crippen MR) is 104 cm³/mol. The average Bonchev–Trinajstić information content (AvgIpc) is 3.07. The molecule has 9 heteroatoms. The number of para-hydroxylation sites is 1. The molecule has 0 spiro atoms. The molecule has 0 aliphatic carbocycles. The van der Waals surface area contributed by atoms with Crippen LogP contribution in [0.2, 0.25) is 0 Å². The maximum atomic E-state index is 12.8. The topological polar surface area (TPSA) is 73.3 Å². The highest BCUT2D eigenvalue weighted by molar-refractivity contribution is 7.22. The van der Waals surface area contributed by atoms with Crippen LogP contribution in [-0.4, -0.2) is 41.4 Å². The summed E-state index contributed by atoms with van der Waals surface area (Å²) in [6.07, 6.45) is -1.50. The molecule has 1 N–H and O–H groups in total. The van der Waals surface area contributed by atoms with E-state index in [1.807, 2.05) is 24.3 Å². The third-order valence-corrected chi connectivity index (χ3v) is 4.49. The highest BCUT2D eigenvalue weighted by Crippen LogP contribution is 2.27. The molecule has 3 aromatic rings. The van der Waals surface area contributed by atoms with Crippen molar-refractivity contribution in [2.45, 2.75) is 26.1 Å². The Labute approximate surface area is 164 Å². The number of anilines is 1. The molecule has 2 aromatic heterocycles. The Balaban J connectivity index is 1.86. The van der Waals surface area contributed by atoms with E-state index in [-0.39, 0.29) is 23.4 Å². The van der Waals surface area contributed by atoms with Gasteiger partial charge in [0.2, 0.25) is 11.8 Å². The van der Waals surface area contributed by atoms with Crippen molar-refractivity contribution in [3.8, 4) is 11.8 Å². The molecule has 1 aromatic carbocycles. The standard InChI is InChI=1S/C19H19F2N3O3S/c1-11(2)26-16-7-12(8-17(23-16)27-13(9-20)10-21)18(25)24-19-22-14-5-3-4-6-15(14)28-19/h3-8,11,13H,9-10H2,1-2H3,(H,22,24,25). The molecule has 0 radical (unpaired) electrons. The van der Waals surface area contributed by atoms with Crippen LogP contribution < -0.4 is 14.8 Å². The summed E-state index contributed by atoms with van der Waals surface area (Å²) >= 11 is 1.34. The van der Waals surface area contributed by atoms with Crippen molar-refractivity contribution in [3.05, 3.63) is 42.0 Å². The predicted octanol–water partition coefficient (Wildman–Crippen LogP) is 4.42. The van der Waals surface area contributed by atoms with E-state index in [1.54, 1.807) is 13.8 Å². The number of amides is 1. The first-order valence-corrected chi connectivity index (χ1v) is 9.44. The molecule has 2 heterocycles. The summed E-state index contributed by atoms with van der Waals surface area (Å²) in [5.74, 6) is -0.428. The monoisotopic (exact) mass is 407 g/mol. The Morgan fingerprint density at radius 2 is 1.79 bits per heavy atom. The third-order valence-electron chi connectivity index (χ3n) is 3.54. The van der Waals surface area contributed by atoms with Gasteiger partial charge in [0.25, 0.3) is 5.91 Å². The Kier molecular flexibility index (Phi) is 6.35. The van der Waals surface area contributed by atoms with Gasteiger partial charge < -0.3 is 9.47 Å². The van der Waals surface area contributed by atoms with Crippen molar-refractivity contribution in [2.24, 2.45) is 0 Å². The van der Waals surface area contributed by atoms with E-state index in [4.69, 9.17) is 9.47 Å². The molecule has 0 saturated carbocycles. The van der Waals surface area contributed by atoms with Crippen LogP contribution in [0.5, 0.6) is 11.8 Å². The number of nitrogens with one attached hydrogen (secondary N) is 1. The van der Waals surface area contributed by atoms with Crippen molar-refractivity contribution < 1.29 is 23.0 Å². The molecule has 6 nitrogen and oxygen atoms in total. The summed E-state index contributed by atoms with van der Waals surface area (Å²) in [5.41, 5.74) is 0.954. The van der Waals surface area contributed by atoms with Crippen molar-refractivity contribution in [3.63, 3.8) is 0 Å². The van der Waals surface area contributed by atoms with Crippen molar-refractivity contribution in [1.82, 2.24) is 9.97 Å². The van der Waals surface area contributed by atoms with Crippen LogP contribution in [0.25, 0.3) is 10.2 Å². The number of halogens is 2. The summed E-state index contributed by atoms with van der Waals surface area (Å²) in [4.78, 5) is 21.1. The minimum atomic E-state index is -1.29. The Bertz CT molecular complexity index is 928. The van der Waals surface area contributed by atoms with Gasteiger partial charge in [0.05, 0.1) is 21.9 Å². The number of fused-ring (bicyclic) bond motifs is 1. The van der Waals surface area contributed by atoms with Gasteiger partial charge in [0, 0.05) is 12.1 Å². The molecule has 0 bridgehead atoms. The largest absolute Gasteiger partial charge is 0.475 e. The lowest BCUT2D eigenvalue weighted by Crippen LogP contribution is -2.22. The molecule has 1 amide bonds. The van der Waals surface area contributed by atoms with Crippen molar-refractivity contribution >= 4 is 32.6 Å². The smallest absolute Gasteiger partial charge is 0.257 e. The first kappa shape index (κ1) is 19.9. The van der Waals surface area contributed by atoms with Crippen LogP contribution in [0.4, 0.5) is 13.9 Å².